The van der Waals surface area contributed by atoms with Gasteiger partial charge in [-0.15, -0.1) is 0 Å². The minimum Gasteiger partial charge on any atom is -0.384 e. The molecule has 0 atom stereocenters. The summed E-state index contributed by atoms with van der Waals surface area (Å²) < 4.78 is 0. The minimum atomic E-state index is 1.12. The van der Waals surface area contributed by atoms with Gasteiger partial charge in [0.05, 0.1) is 0 Å². The number of likely N-dealkylation sites (tertiary alicyclic amines) is 1. The summed E-state index contributed by atoms with van der Waals surface area (Å²) in [4.78, 5) is 2.66. The molecule has 1 aromatic rings. The standard InChI is InChI=1S/C16H24N2/c1-2-4-12-18(11-3-1)13-9-14-6-5-7-16-15(14)8-10-17-16/h5-7,17H,1-4,8-13H2. The quantitative estimate of drug-likeness (QED) is 0.879. The predicted octanol–water partition coefficient (Wildman–Crippen LogP) is 3.07. The van der Waals surface area contributed by atoms with Crippen LogP contribution >= 0.6 is 0 Å². The van der Waals surface area contributed by atoms with Gasteiger partial charge in [-0.25, -0.2) is 0 Å². The van der Waals surface area contributed by atoms with Gasteiger partial charge in [0.1, 0.15) is 0 Å². The molecule has 2 heterocycles. The molecule has 0 amide bonds. The summed E-state index contributed by atoms with van der Waals surface area (Å²) in [5.74, 6) is 0. The molecule has 2 aliphatic rings. The van der Waals surface area contributed by atoms with E-state index in [1.54, 1.807) is 11.1 Å². The van der Waals surface area contributed by atoms with E-state index < -0.39 is 0 Å². The SMILES string of the molecule is c1cc(CCN2CCCCCC2)c2c(c1)NCC2. The van der Waals surface area contributed by atoms with Crippen molar-refractivity contribution in [2.45, 2.75) is 38.5 Å². The molecule has 1 fully saturated rings. The molecule has 0 unspecified atom stereocenters. The van der Waals surface area contributed by atoms with Crippen LogP contribution in [0.3, 0.4) is 0 Å². The number of hydrogen-bond donors (Lipinski definition) is 1. The van der Waals surface area contributed by atoms with Crippen LogP contribution in [0.1, 0.15) is 36.8 Å². The van der Waals surface area contributed by atoms with E-state index >= 15 is 0 Å². The Morgan fingerprint density at radius 3 is 2.72 bits per heavy atom. The highest BCUT2D eigenvalue weighted by molar-refractivity contribution is 5.58. The van der Waals surface area contributed by atoms with Crippen molar-refractivity contribution in [2.75, 3.05) is 31.5 Å². The van der Waals surface area contributed by atoms with Gasteiger partial charge in [0.25, 0.3) is 0 Å². The lowest BCUT2D eigenvalue weighted by atomic mass is 10.0. The second-order valence-electron chi connectivity index (χ2n) is 5.63. The zero-order valence-corrected chi connectivity index (χ0v) is 11.3. The van der Waals surface area contributed by atoms with Gasteiger partial charge in [-0.05, 0) is 56.0 Å². The van der Waals surface area contributed by atoms with Crippen LogP contribution < -0.4 is 5.32 Å². The van der Waals surface area contributed by atoms with Gasteiger partial charge < -0.3 is 10.2 Å². The van der Waals surface area contributed by atoms with Crippen molar-refractivity contribution in [3.8, 4) is 0 Å². The molecule has 1 N–H and O–H groups in total. The van der Waals surface area contributed by atoms with Gasteiger partial charge in [0, 0.05) is 18.8 Å². The molecule has 2 nitrogen and oxygen atoms in total. The molecule has 3 rings (SSSR count). The van der Waals surface area contributed by atoms with E-state index in [1.165, 1.54) is 63.8 Å². The molecule has 1 aromatic carbocycles. The summed E-state index contributed by atoms with van der Waals surface area (Å²) in [6.07, 6.45) is 8.10. The van der Waals surface area contributed by atoms with Crippen molar-refractivity contribution in [1.82, 2.24) is 4.90 Å². The van der Waals surface area contributed by atoms with Crippen LogP contribution in [-0.4, -0.2) is 31.1 Å². The molecular formula is C16H24N2. The summed E-state index contributed by atoms with van der Waals surface area (Å²) >= 11 is 0. The minimum absolute atomic E-state index is 1.12. The molecular weight excluding hydrogens is 220 g/mol. The maximum Gasteiger partial charge on any atom is 0.0376 e. The van der Waals surface area contributed by atoms with E-state index in [1.807, 2.05) is 0 Å². The molecule has 0 aromatic heterocycles. The predicted molar refractivity (Wildman–Crippen MR) is 77.2 cm³/mol. The third-order valence-electron chi connectivity index (χ3n) is 4.36. The molecule has 1 saturated heterocycles. The molecule has 18 heavy (non-hydrogen) atoms. The van der Waals surface area contributed by atoms with Crippen LogP contribution in [0.4, 0.5) is 5.69 Å². The maximum atomic E-state index is 3.47. The van der Waals surface area contributed by atoms with E-state index in [0.29, 0.717) is 0 Å². The monoisotopic (exact) mass is 244 g/mol. The number of nitrogens with zero attached hydrogens (tertiary/aromatic N) is 1. The number of benzene rings is 1. The van der Waals surface area contributed by atoms with Gasteiger partial charge in [0.15, 0.2) is 0 Å². The molecule has 0 bridgehead atoms. The average molecular weight is 244 g/mol. The number of rotatable bonds is 3. The number of anilines is 1. The number of fused-ring (bicyclic) bond motifs is 1. The number of hydrogen-bond acceptors (Lipinski definition) is 2. The highest BCUT2D eigenvalue weighted by atomic mass is 15.1. The first-order chi connectivity index (χ1) is 8.93. The lowest BCUT2D eigenvalue weighted by Gasteiger charge is -2.20. The van der Waals surface area contributed by atoms with Gasteiger partial charge in [-0.2, -0.15) is 0 Å². The van der Waals surface area contributed by atoms with Crippen LogP contribution in [0, 0.1) is 0 Å². The van der Waals surface area contributed by atoms with E-state index in [-0.39, 0.29) is 0 Å². The molecule has 2 heteroatoms. The van der Waals surface area contributed by atoms with Crippen LogP contribution in [0.2, 0.25) is 0 Å². The van der Waals surface area contributed by atoms with Crippen molar-refractivity contribution in [3.05, 3.63) is 29.3 Å². The van der Waals surface area contributed by atoms with Gasteiger partial charge in [0.2, 0.25) is 0 Å². The van der Waals surface area contributed by atoms with Gasteiger partial charge >= 0.3 is 0 Å². The summed E-state index contributed by atoms with van der Waals surface area (Å²) in [5.41, 5.74) is 4.53. The molecule has 0 spiro atoms. The van der Waals surface area contributed by atoms with E-state index in [0.717, 1.165) is 6.54 Å². The Labute approximate surface area is 110 Å². The Bertz CT molecular complexity index is 392. The van der Waals surface area contributed by atoms with Crippen molar-refractivity contribution in [1.29, 1.82) is 0 Å². The average Bonchev–Trinajstić information content (AvgIpc) is 2.73. The second-order valence-corrected chi connectivity index (χ2v) is 5.63. The van der Waals surface area contributed by atoms with E-state index in [2.05, 4.69) is 28.4 Å². The van der Waals surface area contributed by atoms with E-state index in [9.17, 15) is 0 Å². The first kappa shape index (κ1) is 12.0. The zero-order chi connectivity index (χ0) is 12.2. The first-order valence-electron chi connectivity index (χ1n) is 7.50. The Hall–Kier alpha value is -1.02. The summed E-state index contributed by atoms with van der Waals surface area (Å²) in [6, 6.07) is 6.75. The Morgan fingerprint density at radius 1 is 1.06 bits per heavy atom. The maximum absolute atomic E-state index is 3.47. The largest absolute Gasteiger partial charge is 0.384 e. The molecule has 0 saturated carbocycles. The smallest absolute Gasteiger partial charge is 0.0376 e. The molecule has 0 aliphatic carbocycles. The molecule has 98 valence electrons. The fourth-order valence-corrected chi connectivity index (χ4v) is 3.29. The fourth-order valence-electron chi connectivity index (χ4n) is 3.29. The summed E-state index contributed by atoms with van der Waals surface area (Å²) in [5, 5.41) is 3.47. The third-order valence-corrected chi connectivity index (χ3v) is 4.36. The summed E-state index contributed by atoms with van der Waals surface area (Å²) in [6.45, 7) is 4.99. The van der Waals surface area contributed by atoms with Crippen molar-refractivity contribution in [2.24, 2.45) is 0 Å². The Morgan fingerprint density at radius 2 is 1.89 bits per heavy atom. The third kappa shape index (κ3) is 2.69. The lowest BCUT2D eigenvalue weighted by Crippen LogP contribution is -2.27. The van der Waals surface area contributed by atoms with Crippen LogP contribution in [-0.2, 0) is 12.8 Å². The Balaban J connectivity index is 1.61. The van der Waals surface area contributed by atoms with Crippen molar-refractivity contribution >= 4 is 5.69 Å². The van der Waals surface area contributed by atoms with Crippen LogP contribution in [0.25, 0.3) is 0 Å². The Kier molecular flexibility index (Phi) is 3.84. The normalized spacial score (nSPS) is 20.2. The molecule has 2 aliphatic heterocycles. The molecule has 0 radical (unpaired) electrons. The van der Waals surface area contributed by atoms with Crippen LogP contribution in [0.15, 0.2) is 18.2 Å². The van der Waals surface area contributed by atoms with Crippen molar-refractivity contribution < 1.29 is 0 Å². The highest BCUT2D eigenvalue weighted by Gasteiger charge is 2.15. The second kappa shape index (κ2) is 5.75. The fraction of sp³-hybridized carbons (Fsp3) is 0.625. The zero-order valence-electron chi connectivity index (χ0n) is 11.3. The van der Waals surface area contributed by atoms with Crippen LogP contribution in [0.5, 0.6) is 0 Å². The van der Waals surface area contributed by atoms with Gasteiger partial charge in [-0.3, -0.25) is 0 Å². The van der Waals surface area contributed by atoms with Crippen molar-refractivity contribution in [3.63, 3.8) is 0 Å². The topological polar surface area (TPSA) is 15.3 Å². The summed E-state index contributed by atoms with van der Waals surface area (Å²) in [7, 11) is 0. The van der Waals surface area contributed by atoms with E-state index in [4.69, 9.17) is 0 Å². The number of nitrogens with one attached hydrogen (secondary N) is 1. The lowest BCUT2D eigenvalue weighted by molar-refractivity contribution is 0.288. The van der Waals surface area contributed by atoms with Gasteiger partial charge in [-0.1, -0.05) is 25.0 Å². The first-order valence-corrected chi connectivity index (χ1v) is 7.50. The highest BCUT2D eigenvalue weighted by Crippen LogP contribution is 2.26.